The van der Waals surface area contributed by atoms with Crippen LogP contribution in [0.3, 0.4) is 0 Å². The second-order valence-corrected chi connectivity index (χ2v) is 9.14. The van der Waals surface area contributed by atoms with Gasteiger partial charge in [0.2, 0.25) is 5.91 Å². The number of amides is 1. The molecule has 144 valence electrons. The van der Waals surface area contributed by atoms with Crippen LogP contribution in [0.4, 0.5) is 17.1 Å². The molecular formula is C19H22ClN3O3S. The molecule has 1 aliphatic heterocycles. The maximum atomic E-state index is 13.2. The maximum Gasteiger partial charge on any atom is 0.266 e. The van der Waals surface area contributed by atoms with Gasteiger partial charge in [-0.15, -0.1) is 0 Å². The van der Waals surface area contributed by atoms with Crippen LogP contribution in [0.15, 0.2) is 41.3 Å². The molecule has 3 rings (SSSR count). The zero-order valence-electron chi connectivity index (χ0n) is 15.7. The van der Waals surface area contributed by atoms with Gasteiger partial charge < -0.3 is 5.32 Å². The number of para-hydroxylation sites is 2. The van der Waals surface area contributed by atoms with Crippen LogP contribution in [0, 0.1) is 6.92 Å². The van der Waals surface area contributed by atoms with Gasteiger partial charge in [-0.3, -0.25) is 14.0 Å². The van der Waals surface area contributed by atoms with Gasteiger partial charge in [-0.25, -0.2) is 8.42 Å². The van der Waals surface area contributed by atoms with E-state index in [1.54, 1.807) is 37.3 Å². The molecule has 1 N–H and O–H groups in total. The average Bonchev–Trinajstić information content (AvgIpc) is 2.68. The zero-order chi connectivity index (χ0) is 19.9. The minimum atomic E-state index is -3.85. The number of carbonyl (C=O) groups is 1. The monoisotopic (exact) mass is 407 g/mol. The molecule has 27 heavy (non-hydrogen) atoms. The molecule has 2 aromatic carbocycles. The van der Waals surface area contributed by atoms with Gasteiger partial charge in [0, 0.05) is 18.1 Å². The molecular weight excluding hydrogens is 386 g/mol. The molecule has 0 aliphatic carbocycles. The van der Waals surface area contributed by atoms with Crippen molar-refractivity contribution in [2.45, 2.75) is 31.7 Å². The van der Waals surface area contributed by atoms with Gasteiger partial charge in [-0.05, 0) is 36.8 Å². The van der Waals surface area contributed by atoms with Crippen molar-refractivity contribution in [1.82, 2.24) is 5.32 Å². The summed E-state index contributed by atoms with van der Waals surface area (Å²) in [6.45, 7) is 5.69. The average molecular weight is 408 g/mol. The van der Waals surface area contributed by atoms with E-state index in [0.29, 0.717) is 22.0 Å². The van der Waals surface area contributed by atoms with Crippen LogP contribution in [0.5, 0.6) is 0 Å². The van der Waals surface area contributed by atoms with Crippen LogP contribution in [0.25, 0.3) is 0 Å². The third-order valence-corrected chi connectivity index (χ3v) is 6.70. The molecule has 0 radical (unpaired) electrons. The number of halogens is 1. The highest BCUT2D eigenvalue weighted by molar-refractivity contribution is 7.93. The number of carbonyl (C=O) groups excluding carboxylic acids is 1. The first kappa shape index (κ1) is 19.7. The summed E-state index contributed by atoms with van der Waals surface area (Å²) in [5.41, 5.74) is 1.82. The third-order valence-electron chi connectivity index (χ3n) is 4.49. The van der Waals surface area contributed by atoms with Crippen molar-refractivity contribution in [3.8, 4) is 0 Å². The molecule has 0 aromatic heterocycles. The van der Waals surface area contributed by atoms with E-state index in [0.717, 1.165) is 0 Å². The summed E-state index contributed by atoms with van der Waals surface area (Å²) in [6, 6.07) is 10.1. The van der Waals surface area contributed by atoms with Gasteiger partial charge in [-0.1, -0.05) is 37.6 Å². The van der Waals surface area contributed by atoms with Gasteiger partial charge in [-0.2, -0.15) is 0 Å². The second kappa shape index (κ2) is 7.14. The van der Waals surface area contributed by atoms with Crippen LogP contribution in [0.1, 0.15) is 19.4 Å². The topological polar surface area (TPSA) is 69.7 Å². The first-order valence-electron chi connectivity index (χ1n) is 8.59. The number of nitrogens with zero attached hydrogens (tertiary/aromatic N) is 2. The predicted molar refractivity (Wildman–Crippen MR) is 109 cm³/mol. The largest absolute Gasteiger partial charge is 0.306 e. The van der Waals surface area contributed by atoms with Crippen LogP contribution >= 0.6 is 11.6 Å². The van der Waals surface area contributed by atoms with Crippen LogP contribution in [0.2, 0.25) is 5.02 Å². The Bertz CT molecular complexity index is 1010. The molecule has 0 atom stereocenters. The molecule has 0 spiro atoms. The lowest BCUT2D eigenvalue weighted by Crippen LogP contribution is -2.38. The molecule has 0 fully saturated rings. The fraction of sp³-hybridized carbons (Fsp3) is 0.316. The molecule has 0 unspecified atom stereocenters. The van der Waals surface area contributed by atoms with Crippen LogP contribution in [-0.2, 0) is 14.8 Å². The van der Waals surface area contributed by atoms with E-state index in [9.17, 15) is 13.2 Å². The number of hydrogen-bond donors (Lipinski definition) is 1. The Morgan fingerprint density at radius 1 is 1.15 bits per heavy atom. The molecule has 0 saturated carbocycles. The van der Waals surface area contributed by atoms with E-state index in [1.165, 1.54) is 22.3 Å². The molecule has 8 heteroatoms. The van der Waals surface area contributed by atoms with Crippen LogP contribution < -0.4 is 14.5 Å². The van der Waals surface area contributed by atoms with Crippen LogP contribution in [-0.4, -0.2) is 34.0 Å². The summed E-state index contributed by atoms with van der Waals surface area (Å²) in [5, 5.41) is 3.50. The highest BCUT2D eigenvalue weighted by Crippen LogP contribution is 2.44. The van der Waals surface area contributed by atoms with E-state index >= 15 is 0 Å². The molecule has 6 nitrogen and oxygen atoms in total. The third kappa shape index (κ3) is 3.42. The Morgan fingerprint density at radius 2 is 1.78 bits per heavy atom. The Kier molecular flexibility index (Phi) is 5.20. The number of rotatable bonds is 3. The van der Waals surface area contributed by atoms with E-state index in [2.05, 4.69) is 5.32 Å². The summed E-state index contributed by atoms with van der Waals surface area (Å²) in [5.74, 6) is -0.261. The molecule has 0 saturated heterocycles. The van der Waals surface area contributed by atoms with Crippen molar-refractivity contribution >= 4 is 44.6 Å². The molecule has 2 aromatic rings. The SMILES string of the molecule is Cc1cc2c(cc1Cl)N(C(=O)CNC(C)C)c1ccccc1N(C)S2(=O)=O. The van der Waals surface area contributed by atoms with Crippen molar-refractivity contribution < 1.29 is 13.2 Å². The lowest BCUT2D eigenvalue weighted by molar-refractivity contribution is -0.117. The van der Waals surface area contributed by atoms with Gasteiger partial charge >= 0.3 is 0 Å². The number of anilines is 3. The van der Waals surface area contributed by atoms with E-state index in [1.807, 2.05) is 13.8 Å². The number of nitrogens with one attached hydrogen (secondary N) is 1. The minimum Gasteiger partial charge on any atom is -0.306 e. The number of aryl methyl sites for hydroxylation is 1. The summed E-state index contributed by atoms with van der Waals surface area (Å²) >= 11 is 6.29. The molecule has 0 bridgehead atoms. The fourth-order valence-electron chi connectivity index (χ4n) is 2.99. The van der Waals surface area contributed by atoms with E-state index in [4.69, 9.17) is 11.6 Å². The normalized spacial score (nSPS) is 15.3. The lowest BCUT2D eigenvalue weighted by Gasteiger charge is -2.25. The van der Waals surface area contributed by atoms with Gasteiger partial charge in [0.15, 0.2) is 0 Å². The van der Waals surface area contributed by atoms with Gasteiger partial charge in [0.05, 0.1) is 23.6 Å². The van der Waals surface area contributed by atoms with Crippen molar-refractivity contribution in [3.63, 3.8) is 0 Å². The molecule has 1 heterocycles. The quantitative estimate of drug-likeness (QED) is 0.846. The van der Waals surface area contributed by atoms with Crippen molar-refractivity contribution in [2.75, 3.05) is 22.8 Å². The number of benzene rings is 2. The first-order valence-corrected chi connectivity index (χ1v) is 10.4. The Morgan fingerprint density at radius 3 is 2.41 bits per heavy atom. The minimum absolute atomic E-state index is 0.0565. The Balaban J connectivity index is 2.31. The zero-order valence-corrected chi connectivity index (χ0v) is 17.2. The number of fused-ring (bicyclic) bond motifs is 2. The van der Waals surface area contributed by atoms with Gasteiger partial charge in [0.1, 0.15) is 4.90 Å². The molecule has 1 aliphatic rings. The number of hydrogen-bond acceptors (Lipinski definition) is 4. The van der Waals surface area contributed by atoms with E-state index < -0.39 is 10.0 Å². The summed E-state index contributed by atoms with van der Waals surface area (Å²) < 4.78 is 27.6. The van der Waals surface area contributed by atoms with Crippen molar-refractivity contribution in [3.05, 3.63) is 47.0 Å². The summed E-state index contributed by atoms with van der Waals surface area (Å²) in [6.07, 6.45) is 0. The molecule has 1 amide bonds. The van der Waals surface area contributed by atoms with Crippen molar-refractivity contribution in [2.24, 2.45) is 0 Å². The second-order valence-electron chi connectivity index (χ2n) is 6.80. The first-order chi connectivity index (χ1) is 12.6. The summed E-state index contributed by atoms with van der Waals surface area (Å²) in [4.78, 5) is 14.6. The van der Waals surface area contributed by atoms with E-state index in [-0.39, 0.29) is 29.1 Å². The smallest absolute Gasteiger partial charge is 0.266 e. The maximum absolute atomic E-state index is 13.2. The lowest BCUT2D eigenvalue weighted by atomic mass is 10.1. The van der Waals surface area contributed by atoms with Gasteiger partial charge in [0.25, 0.3) is 10.0 Å². The summed E-state index contributed by atoms with van der Waals surface area (Å²) in [7, 11) is -2.36. The Labute approximate surface area is 164 Å². The number of sulfonamides is 1. The predicted octanol–water partition coefficient (Wildman–Crippen LogP) is 3.45. The Hall–Kier alpha value is -2.09. The highest BCUT2D eigenvalue weighted by Gasteiger charge is 2.36. The standard InChI is InChI=1S/C19H22ClN3O3S/c1-12(2)21-11-19(24)23-16-8-6-5-7-15(16)22(4)27(25,26)18-9-13(3)14(20)10-17(18)23/h5-10,12,21H,11H2,1-4H3. The fourth-order valence-corrected chi connectivity index (χ4v) is 4.60. The highest BCUT2D eigenvalue weighted by atomic mass is 35.5. The van der Waals surface area contributed by atoms with Crippen molar-refractivity contribution in [1.29, 1.82) is 0 Å².